The maximum Gasteiger partial charge on any atom is 0.162 e. The highest BCUT2D eigenvalue weighted by atomic mass is 79.9. The number of fused-ring (bicyclic) bond motifs is 1. The minimum absolute atomic E-state index is 0.224. The van der Waals surface area contributed by atoms with Gasteiger partial charge in [0.2, 0.25) is 0 Å². The summed E-state index contributed by atoms with van der Waals surface area (Å²) < 4.78 is 12.2. The average molecular weight is 339 g/mol. The molecule has 0 unspecified atom stereocenters. The lowest BCUT2D eigenvalue weighted by molar-refractivity contribution is 0.171. The number of hydrogen-bond donors (Lipinski definition) is 1. The smallest absolute Gasteiger partial charge is 0.162 e. The molecule has 0 radical (unpaired) electrons. The highest BCUT2D eigenvalue weighted by Gasteiger charge is 2.17. The van der Waals surface area contributed by atoms with E-state index in [1.54, 1.807) is 0 Å². The second kappa shape index (κ2) is 7.51. The number of unbranched alkanes of at least 4 members (excludes halogenated alkanes) is 2. The summed E-state index contributed by atoms with van der Waals surface area (Å²) in [6.45, 7) is 4.24. The molecular formula is C15H19BrN2O2. The van der Waals surface area contributed by atoms with Crippen LogP contribution in [0.2, 0.25) is 0 Å². The fourth-order valence-electron chi connectivity index (χ4n) is 2.17. The van der Waals surface area contributed by atoms with Crippen LogP contribution in [0.5, 0.6) is 11.5 Å². The van der Waals surface area contributed by atoms with E-state index in [0.29, 0.717) is 19.6 Å². The van der Waals surface area contributed by atoms with E-state index < -0.39 is 0 Å². The molecule has 108 valence electrons. The molecule has 4 nitrogen and oxygen atoms in total. The average Bonchev–Trinajstić information content (AvgIpc) is 2.46. The van der Waals surface area contributed by atoms with E-state index >= 15 is 0 Å². The van der Waals surface area contributed by atoms with Gasteiger partial charge in [-0.3, -0.25) is 0 Å². The zero-order valence-corrected chi connectivity index (χ0v) is 13.2. The van der Waals surface area contributed by atoms with Crippen molar-refractivity contribution in [3.8, 4) is 17.6 Å². The van der Waals surface area contributed by atoms with Crippen molar-refractivity contribution in [2.24, 2.45) is 0 Å². The molecule has 20 heavy (non-hydrogen) atoms. The predicted octanol–water partition coefficient (Wildman–Crippen LogP) is 3.56. The van der Waals surface area contributed by atoms with Crippen molar-refractivity contribution in [2.75, 3.05) is 19.8 Å². The number of halogens is 1. The fraction of sp³-hybridized carbons (Fsp3) is 0.533. The topological polar surface area (TPSA) is 54.3 Å². The van der Waals surface area contributed by atoms with E-state index in [2.05, 4.69) is 34.2 Å². The van der Waals surface area contributed by atoms with Gasteiger partial charge in [0.1, 0.15) is 13.2 Å². The van der Waals surface area contributed by atoms with Crippen LogP contribution in [0.4, 0.5) is 0 Å². The van der Waals surface area contributed by atoms with Crippen molar-refractivity contribution in [1.29, 1.82) is 5.26 Å². The molecule has 0 spiro atoms. The first kappa shape index (κ1) is 15.1. The van der Waals surface area contributed by atoms with Gasteiger partial charge in [-0.15, -0.1) is 0 Å². The van der Waals surface area contributed by atoms with Gasteiger partial charge in [-0.25, -0.2) is 0 Å². The molecular weight excluding hydrogens is 320 g/mol. The van der Waals surface area contributed by atoms with Gasteiger partial charge in [-0.1, -0.05) is 15.9 Å². The van der Waals surface area contributed by atoms with Gasteiger partial charge in [0.25, 0.3) is 0 Å². The number of nitrogens with one attached hydrogen (secondary N) is 1. The molecule has 0 saturated heterocycles. The molecule has 1 atom stereocenters. The Morgan fingerprint density at radius 3 is 2.70 bits per heavy atom. The van der Waals surface area contributed by atoms with Crippen LogP contribution in [0.15, 0.2) is 16.6 Å². The van der Waals surface area contributed by atoms with Crippen molar-refractivity contribution < 1.29 is 9.47 Å². The van der Waals surface area contributed by atoms with Gasteiger partial charge in [0.15, 0.2) is 11.5 Å². The van der Waals surface area contributed by atoms with E-state index in [4.69, 9.17) is 14.7 Å². The molecule has 2 rings (SSSR count). The van der Waals surface area contributed by atoms with E-state index in [1.165, 1.54) is 0 Å². The van der Waals surface area contributed by atoms with E-state index in [9.17, 15) is 0 Å². The lowest BCUT2D eigenvalue weighted by Crippen LogP contribution is -2.21. The molecule has 0 aliphatic carbocycles. The minimum atomic E-state index is 0.224. The van der Waals surface area contributed by atoms with Gasteiger partial charge >= 0.3 is 0 Å². The molecule has 0 bridgehead atoms. The van der Waals surface area contributed by atoms with Crippen molar-refractivity contribution in [1.82, 2.24) is 5.32 Å². The van der Waals surface area contributed by atoms with E-state index in [-0.39, 0.29) is 6.04 Å². The number of ether oxygens (including phenoxy) is 2. The van der Waals surface area contributed by atoms with E-state index in [1.807, 2.05) is 12.1 Å². The first-order chi connectivity index (χ1) is 9.72. The van der Waals surface area contributed by atoms with Crippen LogP contribution in [0.1, 0.15) is 37.8 Å². The third-order valence-corrected chi connectivity index (χ3v) is 3.98. The summed E-state index contributed by atoms with van der Waals surface area (Å²) in [5.74, 6) is 1.61. The summed E-state index contributed by atoms with van der Waals surface area (Å²) in [7, 11) is 0. The summed E-state index contributed by atoms with van der Waals surface area (Å²) in [6.07, 6.45) is 2.59. The molecule has 0 amide bonds. The Labute approximate surface area is 128 Å². The fourth-order valence-corrected chi connectivity index (χ4v) is 2.83. The molecule has 1 aliphatic heterocycles. The largest absolute Gasteiger partial charge is 0.486 e. The van der Waals surface area contributed by atoms with Crippen LogP contribution in [0.25, 0.3) is 0 Å². The number of rotatable bonds is 6. The quantitative estimate of drug-likeness (QED) is 0.805. The van der Waals surface area contributed by atoms with Crippen LogP contribution >= 0.6 is 15.9 Å². The number of nitriles is 1. The molecule has 1 aromatic carbocycles. The third-order valence-electron chi connectivity index (χ3n) is 3.29. The monoisotopic (exact) mass is 338 g/mol. The van der Waals surface area contributed by atoms with Crippen molar-refractivity contribution >= 4 is 15.9 Å². The molecule has 0 fully saturated rings. The number of hydrogen-bond acceptors (Lipinski definition) is 4. The lowest BCUT2D eigenvalue weighted by Gasteiger charge is -2.22. The van der Waals surface area contributed by atoms with Gasteiger partial charge in [0, 0.05) is 16.9 Å². The van der Waals surface area contributed by atoms with Crippen molar-refractivity contribution in [3.05, 3.63) is 22.2 Å². The Morgan fingerprint density at radius 2 is 2.00 bits per heavy atom. The Bertz CT molecular complexity index is 499. The Balaban J connectivity index is 1.95. The summed E-state index contributed by atoms with van der Waals surface area (Å²) in [6, 6.07) is 6.39. The van der Waals surface area contributed by atoms with Crippen LogP contribution in [-0.2, 0) is 0 Å². The van der Waals surface area contributed by atoms with Crippen LogP contribution in [0.3, 0.4) is 0 Å². The van der Waals surface area contributed by atoms with Crippen LogP contribution in [-0.4, -0.2) is 19.8 Å². The third kappa shape index (κ3) is 3.87. The zero-order valence-electron chi connectivity index (χ0n) is 11.6. The zero-order chi connectivity index (χ0) is 14.4. The SMILES string of the molecule is C[C@H](NCCCCC#N)c1cc2c(cc1Br)OCCO2. The molecule has 0 saturated carbocycles. The van der Waals surface area contributed by atoms with E-state index in [0.717, 1.165) is 40.9 Å². The number of benzene rings is 1. The van der Waals surface area contributed by atoms with Gasteiger partial charge < -0.3 is 14.8 Å². The summed E-state index contributed by atoms with van der Waals surface area (Å²) in [4.78, 5) is 0. The minimum Gasteiger partial charge on any atom is -0.486 e. The van der Waals surface area contributed by atoms with Gasteiger partial charge in [-0.2, -0.15) is 5.26 Å². The van der Waals surface area contributed by atoms with Gasteiger partial charge in [0.05, 0.1) is 6.07 Å². The van der Waals surface area contributed by atoms with Gasteiger partial charge in [-0.05, 0) is 44.0 Å². The maximum atomic E-state index is 8.50. The lowest BCUT2D eigenvalue weighted by atomic mass is 10.1. The molecule has 1 aliphatic rings. The Morgan fingerprint density at radius 1 is 1.30 bits per heavy atom. The standard InChI is InChI=1S/C15H19BrN2O2/c1-11(18-6-4-2-3-5-17)12-9-14-15(10-13(12)16)20-8-7-19-14/h9-11,18H,2-4,6-8H2,1H3/t11-/m0/s1. The Kier molecular flexibility index (Phi) is 5.69. The molecule has 1 aromatic rings. The highest BCUT2D eigenvalue weighted by molar-refractivity contribution is 9.10. The second-order valence-corrected chi connectivity index (χ2v) is 5.66. The van der Waals surface area contributed by atoms with Crippen molar-refractivity contribution in [3.63, 3.8) is 0 Å². The molecule has 1 heterocycles. The van der Waals surface area contributed by atoms with Crippen LogP contribution in [0, 0.1) is 11.3 Å². The normalized spacial score (nSPS) is 14.7. The molecule has 1 N–H and O–H groups in total. The molecule has 5 heteroatoms. The molecule has 0 aromatic heterocycles. The summed E-state index contributed by atoms with van der Waals surface area (Å²) in [5, 5.41) is 12.0. The maximum absolute atomic E-state index is 8.50. The van der Waals surface area contributed by atoms with Crippen molar-refractivity contribution in [2.45, 2.75) is 32.2 Å². The second-order valence-electron chi connectivity index (χ2n) is 4.81. The first-order valence-electron chi connectivity index (χ1n) is 6.91. The number of nitrogens with zero attached hydrogens (tertiary/aromatic N) is 1. The first-order valence-corrected chi connectivity index (χ1v) is 7.71. The Hall–Kier alpha value is -1.25. The van der Waals surface area contributed by atoms with Crippen LogP contribution < -0.4 is 14.8 Å². The summed E-state index contributed by atoms with van der Waals surface area (Å²) >= 11 is 3.59. The highest BCUT2D eigenvalue weighted by Crippen LogP contribution is 2.37. The summed E-state index contributed by atoms with van der Waals surface area (Å²) in [5.41, 5.74) is 1.16. The predicted molar refractivity (Wildman–Crippen MR) is 81.0 cm³/mol.